The van der Waals surface area contributed by atoms with Crippen LogP contribution < -0.4 is 0 Å². The maximum Gasteiger partial charge on any atom is 0.0535 e. The summed E-state index contributed by atoms with van der Waals surface area (Å²) >= 11 is 2.06. The molecular weight excluding hydrogens is 190 g/mol. The van der Waals surface area contributed by atoms with Crippen molar-refractivity contribution in [3.8, 4) is 0 Å². The second-order valence-electron chi connectivity index (χ2n) is 3.97. The van der Waals surface area contributed by atoms with Gasteiger partial charge in [-0.3, -0.25) is 4.90 Å². The molecule has 1 fully saturated rings. The molecule has 1 saturated heterocycles. The largest absolute Gasteiger partial charge is 0.291 e. The van der Waals surface area contributed by atoms with Crippen LogP contribution in [-0.2, 0) is 0 Å². The zero-order chi connectivity index (χ0) is 10.1. The molecule has 76 valence electrons. The lowest BCUT2D eigenvalue weighted by Crippen LogP contribution is -2.29. The molecule has 1 aliphatic heterocycles. The third-order valence-corrected chi connectivity index (χ3v) is 4.81. The van der Waals surface area contributed by atoms with E-state index >= 15 is 0 Å². The maximum atomic E-state index is 2.45. The van der Waals surface area contributed by atoms with Crippen molar-refractivity contribution in [1.82, 2.24) is 4.90 Å². The van der Waals surface area contributed by atoms with Gasteiger partial charge in [0.25, 0.3) is 0 Å². The van der Waals surface area contributed by atoms with Crippen molar-refractivity contribution in [3.05, 3.63) is 35.9 Å². The molecular formula is C12H17NS. The minimum atomic E-state index is 0.634. The van der Waals surface area contributed by atoms with Crippen molar-refractivity contribution in [2.24, 2.45) is 0 Å². The molecule has 1 aliphatic rings. The average molecular weight is 207 g/mol. The Morgan fingerprint density at radius 2 is 1.79 bits per heavy atom. The quantitative estimate of drug-likeness (QED) is 0.696. The van der Waals surface area contributed by atoms with Gasteiger partial charge in [-0.25, -0.2) is 0 Å². The number of hydrogen-bond donors (Lipinski definition) is 0. The van der Waals surface area contributed by atoms with Crippen molar-refractivity contribution in [2.45, 2.75) is 30.5 Å². The van der Waals surface area contributed by atoms with Crippen molar-refractivity contribution >= 4 is 11.8 Å². The van der Waals surface area contributed by atoms with Gasteiger partial charge in [-0.1, -0.05) is 30.3 Å². The van der Waals surface area contributed by atoms with E-state index in [2.05, 4.69) is 67.9 Å². The topological polar surface area (TPSA) is 3.24 Å². The first-order valence-electron chi connectivity index (χ1n) is 5.12. The second-order valence-corrected chi connectivity index (χ2v) is 5.44. The Bertz CT molecular complexity index is 298. The number of thioether (sulfide) groups is 1. The molecule has 0 bridgehead atoms. The Hall–Kier alpha value is -0.470. The predicted molar refractivity (Wildman–Crippen MR) is 63.5 cm³/mol. The summed E-state index contributed by atoms with van der Waals surface area (Å²) in [6.07, 6.45) is 0. The van der Waals surface area contributed by atoms with Crippen LogP contribution in [0.2, 0.25) is 0 Å². The van der Waals surface area contributed by atoms with Gasteiger partial charge in [0.1, 0.15) is 0 Å². The van der Waals surface area contributed by atoms with Crippen molar-refractivity contribution in [2.75, 3.05) is 7.05 Å². The van der Waals surface area contributed by atoms with Crippen LogP contribution in [0.15, 0.2) is 30.3 Å². The highest BCUT2D eigenvalue weighted by molar-refractivity contribution is 8.00. The fourth-order valence-corrected chi connectivity index (χ4v) is 3.51. The van der Waals surface area contributed by atoms with Crippen LogP contribution in [0.3, 0.4) is 0 Å². The van der Waals surface area contributed by atoms with Crippen molar-refractivity contribution in [3.63, 3.8) is 0 Å². The summed E-state index contributed by atoms with van der Waals surface area (Å²) in [6, 6.07) is 11.5. The van der Waals surface area contributed by atoms with E-state index in [1.165, 1.54) is 5.56 Å². The third kappa shape index (κ3) is 1.69. The van der Waals surface area contributed by atoms with Gasteiger partial charge in [0.15, 0.2) is 0 Å². The highest BCUT2D eigenvalue weighted by Crippen LogP contribution is 2.44. The third-order valence-electron chi connectivity index (χ3n) is 3.13. The zero-order valence-corrected chi connectivity index (χ0v) is 9.79. The van der Waals surface area contributed by atoms with Gasteiger partial charge in [-0.05, 0) is 26.5 Å². The molecule has 0 unspecified atom stereocenters. The van der Waals surface area contributed by atoms with Crippen LogP contribution in [-0.4, -0.2) is 23.4 Å². The van der Waals surface area contributed by atoms with Crippen LogP contribution in [0.1, 0.15) is 24.7 Å². The Balaban J connectivity index is 2.21. The summed E-state index contributed by atoms with van der Waals surface area (Å²) in [6.45, 7) is 4.60. The van der Waals surface area contributed by atoms with E-state index in [9.17, 15) is 0 Å². The normalized spacial score (nSPS) is 33.5. The molecule has 1 heterocycles. The van der Waals surface area contributed by atoms with E-state index in [1.807, 2.05) is 0 Å². The van der Waals surface area contributed by atoms with Crippen LogP contribution in [0.25, 0.3) is 0 Å². The molecule has 0 spiro atoms. The summed E-state index contributed by atoms with van der Waals surface area (Å²) in [5, 5.41) is 1.27. The Kier molecular flexibility index (Phi) is 2.84. The molecule has 2 rings (SSSR count). The first-order chi connectivity index (χ1) is 6.70. The lowest BCUT2D eigenvalue weighted by molar-refractivity contribution is 0.271. The van der Waals surface area contributed by atoms with E-state index < -0.39 is 0 Å². The van der Waals surface area contributed by atoms with Crippen LogP contribution >= 0.6 is 11.8 Å². The molecule has 0 aliphatic carbocycles. The smallest absolute Gasteiger partial charge is 0.0535 e. The summed E-state index contributed by atoms with van der Waals surface area (Å²) in [7, 11) is 2.21. The van der Waals surface area contributed by atoms with Crippen LogP contribution in [0, 0.1) is 0 Å². The van der Waals surface area contributed by atoms with Gasteiger partial charge in [0, 0.05) is 11.3 Å². The molecule has 0 saturated carbocycles. The molecule has 3 atom stereocenters. The van der Waals surface area contributed by atoms with Gasteiger partial charge in [-0.2, -0.15) is 0 Å². The Morgan fingerprint density at radius 1 is 1.14 bits per heavy atom. The fraction of sp³-hybridized carbons (Fsp3) is 0.500. The molecule has 14 heavy (non-hydrogen) atoms. The van der Waals surface area contributed by atoms with Gasteiger partial charge in [0.2, 0.25) is 0 Å². The van der Waals surface area contributed by atoms with E-state index in [-0.39, 0.29) is 0 Å². The van der Waals surface area contributed by atoms with E-state index in [4.69, 9.17) is 0 Å². The maximum absolute atomic E-state index is 2.45. The summed E-state index contributed by atoms with van der Waals surface area (Å²) in [5.41, 5.74) is 1.46. The zero-order valence-electron chi connectivity index (χ0n) is 8.97. The fourth-order valence-electron chi connectivity index (χ4n) is 1.97. The van der Waals surface area contributed by atoms with Crippen molar-refractivity contribution in [1.29, 1.82) is 0 Å². The minimum absolute atomic E-state index is 0.634. The van der Waals surface area contributed by atoms with Crippen LogP contribution in [0.4, 0.5) is 0 Å². The van der Waals surface area contributed by atoms with E-state index in [0.717, 1.165) is 0 Å². The highest BCUT2D eigenvalue weighted by Gasteiger charge is 2.34. The van der Waals surface area contributed by atoms with E-state index in [1.54, 1.807) is 0 Å². The molecule has 0 aromatic heterocycles. The number of nitrogens with zero attached hydrogens (tertiary/aromatic N) is 1. The molecule has 0 radical (unpaired) electrons. The Morgan fingerprint density at radius 3 is 2.29 bits per heavy atom. The molecule has 0 N–H and O–H groups in total. The van der Waals surface area contributed by atoms with Crippen molar-refractivity contribution < 1.29 is 0 Å². The monoisotopic (exact) mass is 207 g/mol. The first kappa shape index (κ1) is 10.1. The number of benzene rings is 1. The summed E-state index contributed by atoms with van der Waals surface area (Å²) < 4.78 is 0. The molecule has 1 aromatic carbocycles. The Labute approximate surface area is 90.5 Å². The molecule has 0 amide bonds. The van der Waals surface area contributed by atoms with Gasteiger partial charge in [0.05, 0.1) is 5.37 Å². The minimum Gasteiger partial charge on any atom is -0.291 e. The summed E-state index contributed by atoms with van der Waals surface area (Å²) in [5.74, 6) is 0. The lowest BCUT2D eigenvalue weighted by atomic mass is 10.1. The summed E-state index contributed by atoms with van der Waals surface area (Å²) in [4.78, 5) is 2.45. The second kappa shape index (κ2) is 3.95. The van der Waals surface area contributed by atoms with E-state index in [0.29, 0.717) is 16.7 Å². The first-order valence-corrected chi connectivity index (χ1v) is 6.07. The number of hydrogen-bond acceptors (Lipinski definition) is 2. The number of likely N-dealkylation sites (N-methyl/N-ethyl adjacent to an activating group) is 1. The van der Waals surface area contributed by atoms with Gasteiger partial charge in [-0.15, -0.1) is 11.8 Å². The predicted octanol–water partition coefficient (Wildman–Crippen LogP) is 3.14. The highest BCUT2D eigenvalue weighted by atomic mass is 32.2. The standard InChI is InChI=1S/C12H17NS/c1-9-12(14-10(2)13(9)3)11-7-5-4-6-8-11/h4-10,12H,1-3H3/t9-,10-,12+/m1/s1. The molecule has 1 aromatic rings. The van der Waals surface area contributed by atoms with Crippen LogP contribution in [0.5, 0.6) is 0 Å². The molecule has 2 heteroatoms. The average Bonchev–Trinajstić information content (AvgIpc) is 2.47. The van der Waals surface area contributed by atoms with Gasteiger partial charge >= 0.3 is 0 Å². The lowest BCUT2D eigenvalue weighted by Gasteiger charge is -2.20. The van der Waals surface area contributed by atoms with Gasteiger partial charge < -0.3 is 0 Å². The SMILES string of the molecule is C[C@@H]1[C@@H](c2ccccc2)S[C@H](C)N1C. The molecule has 1 nitrogen and oxygen atoms in total. The number of rotatable bonds is 1.